The molecule has 0 aliphatic heterocycles. The number of rotatable bonds is 3. The summed E-state index contributed by atoms with van der Waals surface area (Å²) in [5, 5.41) is 0. The van der Waals surface area contributed by atoms with Crippen molar-refractivity contribution in [2.24, 2.45) is 11.8 Å². The maximum absolute atomic E-state index is 11.3. The molecule has 0 fully saturated rings. The van der Waals surface area contributed by atoms with Gasteiger partial charge in [-0.1, -0.05) is 13.0 Å². The van der Waals surface area contributed by atoms with Crippen molar-refractivity contribution < 1.29 is 14.0 Å². The van der Waals surface area contributed by atoms with Crippen molar-refractivity contribution in [2.45, 2.75) is 58.9 Å². The molecular weight excluding hydrogens is 268 g/mol. The maximum Gasteiger partial charge on any atom is 0.302 e. The van der Waals surface area contributed by atoms with Crippen molar-refractivity contribution in [3.8, 4) is 0 Å². The molecule has 2 rings (SSSR count). The Morgan fingerprint density at radius 3 is 2.65 bits per heavy atom. The Labute approximate surface area is 123 Å². The number of carbonyl (C=O) groups excluding carboxylic acids is 1. The van der Waals surface area contributed by atoms with Crippen LogP contribution in [0.4, 0.5) is 0 Å². The van der Waals surface area contributed by atoms with Gasteiger partial charge in [-0.25, -0.2) is 0 Å². The number of allylic oxidation sites excluding steroid dienone is 3. The molecule has 2 unspecified atom stereocenters. The molecule has 0 N–H and O–H groups in total. The van der Waals surface area contributed by atoms with Gasteiger partial charge < -0.3 is 9.16 Å². The third-order valence-corrected chi connectivity index (χ3v) is 4.75. The lowest BCUT2D eigenvalue weighted by Gasteiger charge is -2.38. The molecule has 112 valence electrons. The molecular formula is C16H26O3Si. The average Bonchev–Trinajstić information content (AvgIpc) is 2.30. The predicted octanol–water partition coefficient (Wildman–Crippen LogP) is 4.03. The van der Waals surface area contributed by atoms with Gasteiger partial charge in [-0.3, -0.25) is 4.79 Å². The molecule has 0 heterocycles. The van der Waals surface area contributed by atoms with Crippen molar-refractivity contribution in [2.75, 3.05) is 0 Å². The molecule has 0 aromatic rings. The number of hydrogen-bond acceptors (Lipinski definition) is 3. The van der Waals surface area contributed by atoms with E-state index in [1.54, 1.807) is 0 Å². The van der Waals surface area contributed by atoms with Crippen molar-refractivity contribution in [1.82, 2.24) is 0 Å². The van der Waals surface area contributed by atoms with Crippen LogP contribution in [0, 0.1) is 11.8 Å². The van der Waals surface area contributed by atoms with Gasteiger partial charge in [0.25, 0.3) is 0 Å². The van der Waals surface area contributed by atoms with E-state index >= 15 is 0 Å². The first-order valence-corrected chi connectivity index (χ1v) is 10.9. The summed E-state index contributed by atoms with van der Waals surface area (Å²) in [6.45, 7) is 10.3. The third kappa shape index (κ3) is 3.75. The smallest absolute Gasteiger partial charge is 0.302 e. The van der Waals surface area contributed by atoms with E-state index in [1.165, 1.54) is 12.5 Å². The molecule has 3 atom stereocenters. The standard InChI is InChI=1S/C16H26O3Si/c1-11-6-7-13-10-14(19-20(3,4)5)8-9-15(13)16(11)18-12(2)17/h7,10-11,15-16H,6,8-9H2,1-5H3/t11?,15?,16-/m0/s1. The van der Waals surface area contributed by atoms with E-state index < -0.39 is 8.32 Å². The molecule has 0 saturated carbocycles. The normalized spacial score (nSPS) is 29.9. The highest BCUT2D eigenvalue weighted by Gasteiger charge is 2.36. The second-order valence-corrected chi connectivity index (χ2v) is 11.4. The summed E-state index contributed by atoms with van der Waals surface area (Å²) in [5.74, 6) is 1.69. The molecule has 0 radical (unpaired) electrons. The van der Waals surface area contributed by atoms with Crippen LogP contribution < -0.4 is 0 Å². The van der Waals surface area contributed by atoms with E-state index in [-0.39, 0.29) is 12.1 Å². The molecule has 0 bridgehead atoms. The van der Waals surface area contributed by atoms with E-state index in [9.17, 15) is 4.79 Å². The molecule has 0 amide bonds. The monoisotopic (exact) mass is 294 g/mol. The lowest BCUT2D eigenvalue weighted by Crippen LogP contribution is -2.37. The maximum atomic E-state index is 11.3. The molecule has 2 aliphatic carbocycles. The molecule has 20 heavy (non-hydrogen) atoms. The van der Waals surface area contributed by atoms with Gasteiger partial charge in [0.05, 0.1) is 5.76 Å². The first-order valence-electron chi connectivity index (χ1n) is 7.53. The van der Waals surface area contributed by atoms with Gasteiger partial charge >= 0.3 is 5.97 Å². The number of ether oxygens (including phenoxy) is 1. The van der Waals surface area contributed by atoms with E-state index in [1.807, 2.05) is 0 Å². The van der Waals surface area contributed by atoms with Gasteiger partial charge in [0, 0.05) is 19.3 Å². The summed E-state index contributed by atoms with van der Waals surface area (Å²) in [6.07, 6.45) is 7.45. The van der Waals surface area contributed by atoms with Gasteiger partial charge in [-0.05, 0) is 50.0 Å². The molecule has 4 heteroatoms. The minimum Gasteiger partial charge on any atom is -0.547 e. The van der Waals surface area contributed by atoms with Crippen LogP contribution >= 0.6 is 0 Å². The summed E-state index contributed by atoms with van der Waals surface area (Å²) >= 11 is 0. The van der Waals surface area contributed by atoms with Gasteiger partial charge in [-0.2, -0.15) is 0 Å². The van der Waals surface area contributed by atoms with Gasteiger partial charge in [0.1, 0.15) is 6.10 Å². The topological polar surface area (TPSA) is 35.5 Å². The summed E-state index contributed by atoms with van der Waals surface area (Å²) in [6, 6.07) is 0. The zero-order valence-electron chi connectivity index (χ0n) is 13.2. The lowest BCUT2D eigenvalue weighted by atomic mass is 9.74. The lowest BCUT2D eigenvalue weighted by molar-refractivity contribution is -0.152. The van der Waals surface area contributed by atoms with Crippen LogP contribution in [0.2, 0.25) is 19.6 Å². The Kier molecular flexibility index (Phi) is 4.42. The van der Waals surface area contributed by atoms with E-state index in [0.717, 1.165) is 25.0 Å². The SMILES string of the molecule is CC(=O)O[C@H]1C(C)CC=C2C=C(O[Si](C)(C)C)CCC21. The van der Waals surface area contributed by atoms with E-state index in [0.29, 0.717) is 11.8 Å². The Bertz CT molecular complexity index is 445. The highest BCUT2D eigenvalue weighted by Crippen LogP contribution is 2.40. The summed E-state index contributed by atoms with van der Waals surface area (Å²) in [7, 11) is -1.54. The second kappa shape index (κ2) is 5.76. The molecule has 2 aliphatic rings. The Morgan fingerprint density at radius 2 is 2.05 bits per heavy atom. The molecule has 0 spiro atoms. The average molecular weight is 294 g/mol. The fourth-order valence-electron chi connectivity index (χ4n) is 3.11. The van der Waals surface area contributed by atoms with Crippen molar-refractivity contribution in [1.29, 1.82) is 0 Å². The number of carbonyl (C=O) groups is 1. The van der Waals surface area contributed by atoms with Crippen molar-refractivity contribution >= 4 is 14.3 Å². The van der Waals surface area contributed by atoms with Crippen LogP contribution in [0.1, 0.15) is 33.1 Å². The largest absolute Gasteiger partial charge is 0.547 e. The summed E-state index contributed by atoms with van der Waals surface area (Å²) < 4.78 is 11.7. The molecule has 0 saturated heterocycles. The van der Waals surface area contributed by atoms with Crippen LogP contribution in [0.5, 0.6) is 0 Å². The highest BCUT2D eigenvalue weighted by molar-refractivity contribution is 6.70. The molecule has 3 nitrogen and oxygen atoms in total. The Morgan fingerprint density at radius 1 is 1.35 bits per heavy atom. The number of fused-ring (bicyclic) bond motifs is 1. The molecule has 0 aromatic heterocycles. The van der Waals surface area contributed by atoms with Crippen LogP contribution in [-0.2, 0) is 14.0 Å². The zero-order valence-corrected chi connectivity index (χ0v) is 14.2. The Balaban J connectivity index is 2.16. The van der Waals surface area contributed by atoms with Crippen LogP contribution in [0.3, 0.4) is 0 Å². The quantitative estimate of drug-likeness (QED) is 0.582. The number of esters is 1. The minimum atomic E-state index is -1.54. The summed E-state index contributed by atoms with van der Waals surface area (Å²) in [4.78, 5) is 11.3. The van der Waals surface area contributed by atoms with Gasteiger partial charge in [0.2, 0.25) is 8.32 Å². The molecule has 0 aromatic carbocycles. The van der Waals surface area contributed by atoms with Crippen LogP contribution in [0.25, 0.3) is 0 Å². The minimum absolute atomic E-state index is 0.0252. The van der Waals surface area contributed by atoms with E-state index in [4.69, 9.17) is 9.16 Å². The Hall–Kier alpha value is -1.03. The van der Waals surface area contributed by atoms with E-state index in [2.05, 4.69) is 38.7 Å². The second-order valence-electron chi connectivity index (χ2n) is 6.96. The first kappa shape index (κ1) is 15.4. The zero-order chi connectivity index (χ0) is 14.9. The van der Waals surface area contributed by atoms with Crippen molar-refractivity contribution in [3.63, 3.8) is 0 Å². The summed E-state index contributed by atoms with van der Waals surface area (Å²) in [5.41, 5.74) is 1.30. The fourth-order valence-corrected chi connectivity index (χ4v) is 4.06. The van der Waals surface area contributed by atoms with Crippen LogP contribution in [0.15, 0.2) is 23.5 Å². The first-order chi connectivity index (χ1) is 9.26. The third-order valence-electron chi connectivity index (χ3n) is 3.88. The number of hydrogen-bond donors (Lipinski definition) is 0. The van der Waals surface area contributed by atoms with Crippen LogP contribution in [-0.4, -0.2) is 20.4 Å². The highest BCUT2D eigenvalue weighted by atomic mass is 28.4. The fraction of sp³-hybridized carbons (Fsp3) is 0.688. The van der Waals surface area contributed by atoms with Gasteiger partial charge in [-0.15, -0.1) is 0 Å². The van der Waals surface area contributed by atoms with Crippen molar-refractivity contribution in [3.05, 3.63) is 23.5 Å². The predicted molar refractivity (Wildman–Crippen MR) is 82.7 cm³/mol. The van der Waals surface area contributed by atoms with Gasteiger partial charge in [0.15, 0.2) is 0 Å².